The molecule has 0 saturated heterocycles. The van der Waals surface area contributed by atoms with E-state index in [0.29, 0.717) is 16.4 Å². The summed E-state index contributed by atoms with van der Waals surface area (Å²) < 4.78 is 5.57. The summed E-state index contributed by atoms with van der Waals surface area (Å²) >= 11 is 5.20. The first-order chi connectivity index (χ1) is 8.66. The van der Waals surface area contributed by atoms with Crippen LogP contribution in [0.25, 0.3) is 0 Å². The third-order valence-corrected chi connectivity index (χ3v) is 2.78. The van der Waals surface area contributed by atoms with E-state index in [9.17, 15) is 4.79 Å². The second kappa shape index (κ2) is 5.56. The van der Waals surface area contributed by atoms with Crippen molar-refractivity contribution in [2.24, 2.45) is 0 Å². The van der Waals surface area contributed by atoms with Crippen LogP contribution in [-0.4, -0.2) is 10.8 Å². The fourth-order valence-corrected chi connectivity index (χ4v) is 1.75. The summed E-state index contributed by atoms with van der Waals surface area (Å²) in [5.74, 6) is 0.586. The van der Waals surface area contributed by atoms with E-state index in [4.69, 9.17) is 17.0 Å². The van der Waals surface area contributed by atoms with Crippen molar-refractivity contribution in [3.05, 3.63) is 65.7 Å². The van der Waals surface area contributed by atoms with E-state index in [2.05, 4.69) is 0 Å². The Hall–Kier alpha value is -2.00. The highest BCUT2D eigenvalue weighted by Crippen LogP contribution is 2.16. The van der Waals surface area contributed by atoms with Gasteiger partial charge in [0.1, 0.15) is 5.75 Å². The Kier molecular flexibility index (Phi) is 3.85. The zero-order valence-corrected chi connectivity index (χ0v) is 10.7. The van der Waals surface area contributed by atoms with Crippen molar-refractivity contribution in [3.63, 3.8) is 0 Å². The van der Waals surface area contributed by atoms with Gasteiger partial charge in [-0.2, -0.15) is 0 Å². The molecule has 0 N–H and O–H groups in total. The number of carbonyl (C=O) groups is 1. The van der Waals surface area contributed by atoms with Crippen molar-refractivity contribution in [1.29, 1.82) is 0 Å². The topological polar surface area (TPSA) is 26.3 Å². The van der Waals surface area contributed by atoms with Crippen LogP contribution in [-0.2, 0) is 0 Å². The summed E-state index contributed by atoms with van der Waals surface area (Å²) in [6.45, 7) is 1.52. The highest BCUT2D eigenvalue weighted by atomic mass is 32.1. The molecule has 0 atom stereocenters. The average Bonchev–Trinajstić information content (AvgIpc) is 2.40. The summed E-state index contributed by atoms with van der Waals surface area (Å²) in [6, 6.07) is 16.5. The summed E-state index contributed by atoms with van der Waals surface area (Å²) in [7, 11) is 0. The number of hydrogen-bond donors (Lipinski definition) is 0. The Balaban J connectivity index is 2.17. The molecule has 0 spiro atoms. The van der Waals surface area contributed by atoms with Gasteiger partial charge in [0, 0.05) is 11.1 Å². The van der Waals surface area contributed by atoms with E-state index in [1.807, 2.05) is 30.3 Å². The molecule has 90 valence electrons. The van der Waals surface area contributed by atoms with Crippen LogP contribution in [0.2, 0.25) is 0 Å². The molecule has 2 nitrogen and oxygen atoms in total. The fraction of sp³-hybridized carbons (Fsp3) is 0.0667. The lowest BCUT2D eigenvalue weighted by Crippen LogP contribution is -2.07. The monoisotopic (exact) mass is 256 g/mol. The van der Waals surface area contributed by atoms with Crippen LogP contribution >= 0.6 is 12.2 Å². The molecule has 2 rings (SSSR count). The number of thiocarbonyl (C=S) groups is 1. The molecule has 0 radical (unpaired) electrons. The van der Waals surface area contributed by atoms with Crippen LogP contribution in [0.5, 0.6) is 5.75 Å². The molecule has 0 saturated carbocycles. The van der Waals surface area contributed by atoms with E-state index < -0.39 is 0 Å². The second-order valence-corrected chi connectivity index (χ2v) is 4.21. The number of rotatable bonds is 3. The molecule has 0 bridgehead atoms. The first kappa shape index (κ1) is 12.5. The van der Waals surface area contributed by atoms with E-state index in [1.54, 1.807) is 24.3 Å². The molecule has 0 unspecified atom stereocenters. The predicted molar refractivity (Wildman–Crippen MR) is 75.2 cm³/mol. The van der Waals surface area contributed by atoms with Crippen LogP contribution in [0.3, 0.4) is 0 Å². The Bertz CT molecular complexity index is 576. The minimum atomic E-state index is 0.00563. The smallest absolute Gasteiger partial charge is 0.198 e. The van der Waals surface area contributed by atoms with Crippen molar-refractivity contribution < 1.29 is 9.53 Å². The summed E-state index contributed by atoms with van der Waals surface area (Å²) in [5.41, 5.74) is 1.46. The van der Waals surface area contributed by atoms with Gasteiger partial charge in [-0.25, -0.2) is 0 Å². The van der Waals surface area contributed by atoms with Gasteiger partial charge in [0.25, 0.3) is 0 Å². The van der Waals surface area contributed by atoms with Crippen LogP contribution in [0, 0.1) is 0 Å². The van der Waals surface area contributed by atoms with Gasteiger partial charge in [0.05, 0.1) is 0 Å². The lowest BCUT2D eigenvalue weighted by atomic mass is 10.1. The highest BCUT2D eigenvalue weighted by molar-refractivity contribution is 7.80. The highest BCUT2D eigenvalue weighted by Gasteiger charge is 2.05. The van der Waals surface area contributed by atoms with Gasteiger partial charge < -0.3 is 4.74 Å². The molecule has 0 heterocycles. The van der Waals surface area contributed by atoms with Crippen molar-refractivity contribution in [2.75, 3.05) is 0 Å². The maximum Gasteiger partial charge on any atom is 0.198 e. The van der Waals surface area contributed by atoms with Gasteiger partial charge in [-0.05, 0) is 31.3 Å². The lowest BCUT2D eigenvalue weighted by molar-refractivity contribution is 0.101. The Morgan fingerprint density at radius 1 is 1.00 bits per heavy atom. The standard InChI is InChI=1S/C15H12O2S/c1-11(16)13-8-5-9-14(10-13)17-15(18)12-6-3-2-4-7-12/h2-10H,1H3. The van der Waals surface area contributed by atoms with Crippen molar-refractivity contribution in [2.45, 2.75) is 6.92 Å². The number of ether oxygens (including phenoxy) is 1. The Morgan fingerprint density at radius 3 is 2.33 bits per heavy atom. The van der Waals surface area contributed by atoms with Gasteiger partial charge in [-0.3, -0.25) is 4.79 Å². The van der Waals surface area contributed by atoms with Gasteiger partial charge in [0.15, 0.2) is 10.8 Å². The molecule has 0 aromatic heterocycles. The van der Waals surface area contributed by atoms with Gasteiger partial charge in [-0.15, -0.1) is 0 Å². The SMILES string of the molecule is CC(=O)c1cccc(OC(=S)c2ccccc2)c1. The molecule has 3 heteroatoms. The lowest BCUT2D eigenvalue weighted by Gasteiger charge is -2.07. The first-order valence-corrected chi connectivity index (χ1v) is 5.96. The molecular weight excluding hydrogens is 244 g/mol. The van der Waals surface area contributed by atoms with Crippen LogP contribution in [0.15, 0.2) is 54.6 Å². The Morgan fingerprint density at radius 2 is 1.67 bits per heavy atom. The van der Waals surface area contributed by atoms with Crippen molar-refractivity contribution in [1.82, 2.24) is 0 Å². The number of Topliss-reactive ketones (excluding diaryl/α,β-unsaturated/α-hetero) is 1. The summed E-state index contributed by atoms with van der Waals surface area (Å²) in [4.78, 5) is 11.3. The molecule has 0 aliphatic rings. The molecule has 18 heavy (non-hydrogen) atoms. The molecule has 2 aromatic rings. The average molecular weight is 256 g/mol. The van der Waals surface area contributed by atoms with E-state index >= 15 is 0 Å². The molecule has 0 aliphatic heterocycles. The first-order valence-electron chi connectivity index (χ1n) is 5.55. The predicted octanol–water partition coefficient (Wildman–Crippen LogP) is 3.64. The van der Waals surface area contributed by atoms with Crippen LogP contribution in [0.4, 0.5) is 0 Å². The largest absolute Gasteiger partial charge is 0.445 e. The van der Waals surface area contributed by atoms with Crippen LogP contribution < -0.4 is 4.74 Å². The molecule has 0 amide bonds. The van der Waals surface area contributed by atoms with Gasteiger partial charge >= 0.3 is 0 Å². The van der Waals surface area contributed by atoms with E-state index in [1.165, 1.54) is 6.92 Å². The minimum absolute atomic E-state index is 0.00563. The number of ketones is 1. The fourth-order valence-electron chi connectivity index (χ4n) is 1.52. The number of carbonyl (C=O) groups excluding carboxylic acids is 1. The second-order valence-electron chi connectivity index (χ2n) is 3.84. The van der Waals surface area contributed by atoms with E-state index in [-0.39, 0.29) is 5.78 Å². The summed E-state index contributed by atoms with van der Waals surface area (Å²) in [5, 5.41) is 0.399. The normalized spacial score (nSPS) is 9.83. The number of benzene rings is 2. The van der Waals surface area contributed by atoms with Crippen molar-refractivity contribution in [3.8, 4) is 5.75 Å². The Labute approximate surface area is 111 Å². The minimum Gasteiger partial charge on any atom is -0.445 e. The summed E-state index contributed by atoms with van der Waals surface area (Å²) in [6.07, 6.45) is 0. The third kappa shape index (κ3) is 3.02. The maximum absolute atomic E-state index is 11.3. The maximum atomic E-state index is 11.3. The zero-order chi connectivity index (χ0) is 13.0. The molecular formula is C15H12O2S. The quantitative estimate of drug-likeness (QED) is 0.619. The molecule has 2 aromatic carbocycles. The molecule has 0 fully saturated rings. The van der Waals surface area contributed by atoms with Gasteiger partial charge in [0.2, 0.25) is 0 Å². The molecule has 0 aliphatic carbocycles. The van der Waals surface area contributed by atoms with Gasteiger partial charge in [-0.1, -0.05) is 42.5 Å². The van der Waals surface area contributed by atoms with Crippen molar-refractivity contribution >= 4 is 23.1 Å². The van der Waals surface area contributed by atoms with Crippen LogP contribution in [0.1, 0.15) is 22.8 Å². The third-order valence-electron chi connectivity index (χ3n) is 2.46. The zero-order valence-electron chi connectivity index (χ0n) is 9.92. The van der Waals surface area contributed by atoms with E-state index in [0.717, 1.165) is 5.56 Å². The number of hydrogen-bond acceptors (Lipinski definition) is 3.